The molecule has 0 unspecified atom stereocenters. The van der Waals surface area contributed by atoms with Gasteiger partial charge in [0.2, 0.25) is 0 Å². The van der Waals surface area contributed by atoms with Gasteiger partial charge in [-0.15, -0.1) is 0 Å². The number of hydrogen-bond donors (Lipinski definition) is 0. The van der Waals surface area contributed by atoms with E-state index in [1.807, 2.05) is 0 Å². The van der Waals surface area contributed by atoms with Gasteiger partial charge >= 0.3 is 0 Å². The van der Waals surface area contributed by atoms with Crippen molar-refractivity contribution in [3.63, 3.8) is 0 Å². The summed E-state index contributed by atoms with van der Waals surface area (Å²) in [7, 11) is 0. The molecule has 2 heterocycles. The van der Waals surface area contributed by atoms with Crippen LogP contribution in [-0.2, 0) is 16.2 Å². The third-order valence-corrected chi connectivity index (χ3v) is 7.96. The van der Waals surface area contributed by atoms with E-state index in [1.54, 1.807) is 0 Å². The average molecular weight is 462 g/mol. The van der Waals surface area contributed by atoms with E-state index < -0.39 is 0 Å². The van der Waals surface area contributed by atoms with Gasteiger partial charge in [-0.1, -0.05) is 91.3 Å². The second kappa shape index (κ2) is 6.75. The van der Waals surface area contributed by atoms with Crippen LogP contribution >= 0.6 is 0 Å². The van der Waals surface area contributed by atoms with E-state index in [0.717, 1.165) is 22.4 Å². The predicted octanol–water partition coefficient (Wildman–Crippen LogP) is 9.34. The highest BCUT2D eigenvalue weighted by Crippen LogP contribution is 2.52. The topological polar surface area (TPSA) is 26.0 Å². The fourth-order valence-electron chi connectivity index (χ4n) is 6.00. The summed E-state index contributed by atoms with van der Waals surface area (Å²) in [6.45, 7) is 20.5. The Hall–Kier alpha value is -3.13. The average Bonchev–Trinajstić information content (AvgIpc) is 3.12. The fraction of sp³-hybridized carbons (Fsp3) is 0.364. The van der Waals surface area contributed by atoms with Crippen LogP contribution in [0.25, 0.3) is 44.1 Å². The number of furan rings is 1. The molecule has 35 heavy (non-hydrogen) atoms. The van der Waals surface area contributed by atoms with E-state index >= 15 is 0 Å². The third-order valence-electron chi connectivity index (χ3n) is 7.96. The maximum absolute atomic E-state index is 6.91. The number of rotatable bonds is 0. The minimum Gasteiger partial charge on any atom is -0.455 e. The van der Waals surface area contributed by atoms with Crippen LogP contribution in [0.4, 0.5) is 0 Å². The first-order valence-electron chi connectivity index (χ1n) is 12.7. The van der Waals surface area contributed by atoms with E-state index in [0.29, 0.717) is 0 Å². The highest BCUT2D eigenvalue weighted by Gasteiger charge is 2.37. The van der Waals surface area contributed by atoms with Gasteiger partial charge in [0.25, 0.3) is 0 Å². The quantitative estimate of drug-likeness (QED) is 0.229. The summed E-state index contributed by atoms with van der Waals surface area (Å²) < 4.78 is 6.91. The lowest BCUT2D eigenvalue weighted by molar-refractivity contribution is 0.555. The van der Waals surface area contributed by atoms with Crippen LogP contribution in [0.1, 0.15) is 83.2 Å². The summed E-state index contributed by atoms with van der Waals surface area (Å²) in [5.41, 5.74) is 11.4. The van der Waals surface area contributed by atoms with Gasteiger partial charge in [0.05, 0.1) is 11.2 Å². The van der Waals surface area contributed by atoms with Crippen LogP contribution in [0.15, 0.2) is 52.9 Å². The van der Waals surface area contributed by atoms with Crippen molar-refractivity contribution in [1.29, 1.82) is 0 Å². The lowest BCUT2D eigenvalue weighted by atomic mass is 9.75. The standard InChI is InChI=1S/C33H35NO/c1-18-10-15-25-19(16-18)17-24-28(34-25)20-11-12-22(31(2,3)4)29-26(20)27-21(33(24,8)9)13-14-23(30(27)35-29)32(5,6)7/h10-17H,1-9H3. The first-order valence-corrected chi connectivity index (χ1v) is 12.7. The Morgan fingerprint density at radius 2 is 1.34 bits per heavy atom. The van der Waals surface area contributed by atoms with E-state index in [-0.39, 0.29) is 16.2 Å². The maximum Gasteiger partial charge on any atom is 0.139 e. The van der Waals surface area contributed by atoms with Crippen LogP contribution in [0.2, 0.25) is 0 Å². The molecule has 0 radical (unpaired) electrons. The lowest BCUT2D eigenvalue weighted by Gasteiger charge is -2.29. The number of fused-ring (bicyclic) bond motifs is 3. The zero-order valence-electron chi connectivity index (χ0n) is 22.5. The molecule has 0 spiro atoms. The van der Waals surface area contributed by atoms with Crippen molar-refractivity contribution < 1.29 is 4.42 Å². The van der Waals surface area contributed by atoms with Crippen molar-refractivity contribution in [2.24, 2.45) is 0 Å². The molecule has 0 fully saturated rings. The number of aryl methyl sites for hydroxylation is 1. The first-order chi connectivity index (χ1) is 16.3. The predicted molar refractivity (Wildman–Crippen MR) is 149 cm³/mol. The molecule has 178 valence electrons. The van der Waals surface area contributed by atoms with Crippen LogP contribution in [0.5, 0.6) is 0 Å². The SMILES string of the molecule is Cc1ccc2nc3c(cc2c1)C(C)(C)c1ccc(C(C)(C)C)c2oc4c(C(C)(C)C)ccc-3c4c12. The van der Waals surface area contributed by atoms with Gasteiger partial charge in [0.15, 0.2) is 0 Å². The van der Waals surface area contributed by atoms with Crippen LogP contribution in [0, 0.1) is 6.92 Å². The molecular formula is C33H35NO. The highest BCUT2D eigenvalue weighted by molar-refractivity contribution is 6.17. The summed E-state index contributed by atoms with van der Waals surface area (Å²) in [5, 5.41) is 3.68. The second-order valence-corrected chi connectivity index (χ2v) is 13.0. The zero-order chi connectivity index (χ0) is 25.1. The smallest absolute Gasteiger partial charge is 0.139 e. The zero-order valence-corrected chi connectivity index (χ0v) is 22.5. The van der Waals surface area contributed by atoms with Crippen LogP contribution < -0.4 is 0 Å². The van der Waals surface area contributed by atoms with Crippen molar-refractivity contribution in [3.05, 3.63) is 76.3 Å². The molecule has 3 aromatic carbocycles. The number of aromatic nitrogens is 1. The van der Waals surface area contributed by atoms with E-state index in [4.69, 9.17) is 9.40 Å². The normalized spacial score (nSPS) is 15.2. The number of hydrogen-bond acceptors (Lipinski definition) is 2. The van der Waals surface area contributed by atoms with E-state index in [9.17, 15) is 0 Å². The monoisotopic (exact) mass is 461 g/mol. The van der Waals surface area contributed by atoms with Gasteiger partial charge in [-0.3, -0.25) is 0 Å². The van der Waals surface area contributed by atoms with Gasteiger partial charge in [-0.25, -0.2) is 4.98 Å². The van der Waals surface area contributed by atoms with Crippen molar-refractivity contribution >= 4 is 32.8 Å². The van der Waals surface area contributed by atoms with E-state index in [1.165, 1.54) is 49.5 Å². The molecule has 2 nitrogen and oxygen atoms in total. The van der Waals surface area contributed by atoms with Crippen LogP contribution in [0.3, 0.4) is 0 Å². The van der Waals surface area contributed by atoms with Gasteiger partial charge in [0.1, 0.15) is 11.2 Å². The maximum atomic E-state index is 6.91. The first kappa shape index (κ1) is 22.3. The summed E-state index contributed by atoms with van der Waals surface area (Å²) in [4.78, 5) is 5.31. The van der Waals surface area contributed by atoms with Gasteiger partial charge in [-0.2, -0.15) is 0 Å². The Kier molecular flexibility index (Phi) is 4.31. The molecule has 0 bridgehead atoms. The number of benzene rings is 3. The minimum atomic E-state index is -0.230. The summed E-state index contributed by atoms with van der Waals surface area (Å²) in [6.07, 6.45) is 0. The Bertz CT molecular complexity index is 1680. The molecule has 0 saturated heterocycles. The molecule has 1 aliphatic rings. The molecule has 1 aliphatic carbocycles. The van der Waals surface area contributed by atoms with Crippen LogP contribution in [-0.4, -0.2) is 4.98 Å². The van der Waals surface area contributed by atoms with Gasteiger partial charge < -0.3 is 4.42 Å². The van der Waals surface area contributed by atoms with E-state index in [2.05, 4.69) is 111 Å². The minimum absolute atomic E-state index is 0.0256. The molecule has 0 saturated carbocycles. The van der Waals surface area contributed by atoms with Crippen molar-refractivity contribution in [2.75, 3.05) is 0 Å². The number of nitrogens with zero attached hydrogens (tertiary/aromatic N) is 1. The van der Waals surface area contributed by atoms with Crippen molar-refractivity contribution in [2.45, 2.75) is 78.6 Å². The Balaban J connectivity index is 1.88. The Morgan fingerprint density at radius 3 is 2.00 bits per heavy atom. The molecule has 2 aromatic heterocycles. The fourth-order valence-corrected chi connectivity index (χ4v) is 6.00. The molecule has 6 rings (SSSR count). The van der Waals surface area contributed by atoms with Gasteiger partial charge in [-0.05, 0) is 47.1 Å². The highest BCUT2D eigenvalue weighted by atomic mass is 16.3. The second-order valence-electron chi connectivity index (χ2n) is 13.0. The molecule has 2 heteroatoms. The Labute approximate surface area is 208 Å². The van der Waals surface area contributed by atoms with Gasteiger partial charge in [0, 0.05) is 38.3 Å². The molecular weight excluding hydrogens is 426 g/mol. The molecule has 0 aliphatic heterocycles. The largest absolute Gasteiger partial charge is 0.455 e. The van der Waals surface area contributed by atoms with Crippen molar-refractivity contribution in [3.8, 4) is 11.3 Å². The summed E-state index contributed by atoms with van der Waals surface area (Å²) in [5.74, 6) is 0. The molecule has 0 N–H and O–H groups in total. The molecule has 5 aromatic rings. The summed E-state index contributed by atoms with van der Waals surface area (Å²) >= 11 is 0. The molecule has 0 atom stereocenters. The molecule has 0 amide bonds. The number of pyridine rings is 1. The summed E-state index contributed by atoms with van der Waals surface area (Å²) in [6, 6.07) is 18.1. The Morgan fingerprint density at radius 1 is 0.714 bits per heavy atom. The lowest BCUT2D eigenvalue weighted by Crippen LogP contribution is -2.21. The third kappa shape index (κ3) is 3.05. The van der Waals surface area contributed by atoms with Crippen molar-refractivity contribution in [1.82, 2.24) is 4.98 Å².